The molecule has 4 atom stereocenters. The van der Waals surface area contributed by atoms with E-state index in [1.807, 2.05) is 13.8 Å². The van der Waals surface area contributed by atoms with Gasteiger partial charge in [-0.3, -0.25) is 9.59 Å². The van der Waals surface area contributed by atoms with Gasteiger partial charge >= 0.3 is 5.97 Å². The molecule has 1 saturated carbocycles. The zero-order valence-electron chi connectivity index (χ0n) is 9.86. The maximum absolute atomic E-state index is 11.5. The van der Waals surface area contributed by atoms with E-state index in [2.05, 4.69) is 5.32 Å². The van der Waals surface area contributed by atoms with Crippen molar-refractivity contribution in [2.75, 3.05) is 6.61 Å². The molecule has 1 saturated heterocycles. The van der Waals surface area contributed by atoms with E-state index in [9.17, 15) is 9.59 Å². The van der Waals surface area contributed by atoms with Gasteiger partial charge in [-0.2, -0.15) is 0 Å². The lowest BCUT2D eigenvalue weighted by Gasteiger charge is -2.28. The lowest BCUT2D eigenvalue weighted by Crippen LogP contribution is -2.46. The number of esters is 1. The first kappa shape index (κ1) is 11.6. The largest absolute Gasteiger partial charge is 0.466 e. The van der Waals surface area contributed by atoms with Crippen molar-refractivity contribution in [2.24, 2.45) is 11.8 Å². The Labute approximate surface area is 95.7 Å². The third-order valence-corrected chi connectivity index (χ3v) is 3.43. The van der Waals surface area contributed by atoms with E-state index in [-0.39, 0.29) is 24.0 Å². The second kappa shape index (κ2) is 4.53. The third-order valence-electron chi connectivity index (χ3n) is 3.43. The number of Topliss-reactive ketones (excluding diaryl/α,β-unsaturated/α-hetero) is 1. The van der Waals surface area contributed by atoms with Crippen molar-refractivity contribution in [1.82, 2.24) is 5.32 Å². The molecule has 1 aliphatic heterocycles. The van der Waals surface area contributed by atoms with Gasteiger partial charge in [0.25, 0.3) is 0 Å². The van der Waals surface area contributed by atoms with Crippen LogP contribution in [0.3, 0.4) is 0 Å². The average molecular weight is 225 g/mol. The Kier molecular flexibility index (Phi) is 3.28. The Bertz CT molecular complexity index is 303. The SMILES string of the molecule is CCOC(=O)C1CC1C1CC(=O)CC(C)N1. The molecule has 90 valence electrons. The summed E-state index contributed by atoms with van der Waals surface area (Å²) in [6.45, 7) is 4.28. The van der Waals surface area contributed by atoms with E-state index in [0.29, 0.717) is 31.1 Å². The minimum Gasteiger partial charge on any atom is -0.466 e. The highest BCUT2D eigenvalue weighted by atomic mass is 16.5. The number of hydrogen-bond donors (Lipinski definition) is 1. The van der Waals surface area contributed by atoms with Gasteiger partial charge in [-0.25, -0.2) is 0 Å². The van der Waals surface area contributed by atoms with Crippen LogP contribution in [0.1, 0.15) is 33.1 Å². The third kappa shape index (κ3) is 2.43. The number of hydrogen-bond acceptors (Lipinski definition) is 4. The molecule has 16 heavy (non-hydrogen) atoms. The van der Waals surface area contributed by atoms with Crippen molar-refractivity contribution < 1.29 is 14.3 Å². The summed E-state index contributed by atoms with van der Waals surface area (Å²) in [6, 6.07) is 0.431. The van der Waals surface area contributed by atoms with Crippen LogP contribution in [0, 0.1) is 11.8 Å². The predicted octanol–water partition coefficient (Wildman–Crippen LogP) is 0.895. The van der Waals surface area contributed by atoms with Crippen LogP contribution in [-0.4, -0.2) is 30.4 Å². The lowest BCUT2D eigenvalue weighted by molar-refractivity contribution is -0.145. The second-order valence-corrected chi connectivity index (χ2v) is 4.88. The molecule has 2 aliphatic rings. The summed E-state index contributed by atoms with van der Waals surface area (Å²) >= 11 is 0. The summed E-state index contributed by atoms with van der Waals surface area (Å²) in [6.07, 6.45) is 2.06. The summed E-state index contributed by atoms with van der Waals surface area (Å²) in [5, 5.41) is 3.41. The summed E-state index contributed by atoms with van der Waals surface area (Å²) in [4.78, 5) is 22.9. The average Bonchev–Trinajstić information content (AvgIpc) is 2.95. The number of rotatable bonds is 3. The summed E-state index contributed by atoms with van der Waals surface area (Å²) in [5.41, 5.74) is 0. The maximum Gasteiger partial charge on any atom is 0.309 e. The molecule has 2 fully saturated rings. The topological polar surface area (TPSA) is 55.4 Å². The molecule has 0 spiro atoms. The highest BCUT2D eigenvalue weighted by Crippen LogP contribution is 2.44. The van der Waals surface area contributed by atoms with Crippen molar-refractivity contribution >= 4 is 11.8 Å². The highest BCUT2D eigenvalue weighted by Gasteiger charge is 2.50. The molecule has 4 nitrogen and oxygen atoms in total. The van der Waals surface area contributed by atoms with Crippen LogP contribution >= 0.6 is 0 Å². The van der Waals surface area contributed by atoms with Crippen LogP contribution in [0.2, 0.25) is 0 Å². The molecule has 2 rings (SSSR count). The first-order valence-electron chi connectivity index (χ1n) is 6.06. The van der Waals surface area contributed by atoms with Crippen molar-refractivity contribution in [1.29, 1.82) is 0 Å². The molecule has 0 aromatic rings. The van der Waals surface area contributed by atoms with Gasteiger partial charge in [0.15, 0.2) is 0 Å². The highest BCUT2D eigenvalue weighted by molar-refractivity contribution is 5.81. The molecule has 4 unspecified atom stereocenters. The Balaban J connectivity index is 1.86. The minimum absolute atomic E-state index is 0.0237. The van der Waals surface area contributed by atoms with E-state index < -0.39 is 0 Å². The van der Waals surface area contributed by atoms with Crippen LogP contribution in [0.25, 0.3) is 0 Å². The Morgan fingerprint density at radius 2 is 2.25 bits per heavy atom. The zero-order chi connectivity index (χ0) is 11.7. The lowest BCUT2D eigenvalue weighted by atomic mass is 9.94. The first-order chi connectivity index (χ1) is 7.61. The van der Waals surface area contributed by atoms with E-state index >= 15 is 0 Å². The molecule has 0 amide bonds. The number of ether oxygens (including phenoxy) is 1. The molecular weight excluding hydrogens is 206 g/mol. The van der Waals surface area contributed by atoms with E-state index in [1.54, 1.807) is 0 Å². The quantitative estimate of drug-likeness (QED) is 0.725. The molecule has 0 aromatic heterocycles. The number of nitrogens with one attached hydrogen (secondary N) is 1. The fourth-order valence-electron chi connectivity index (χ4n) is 2.61. The van der Waals surface area contributed by atoms with Crippen LogP contribution in [-0.2, 0) is 14.3 Å². The summed E-state index contributed by atoms with van der Waals surface area (Å²) in [5.74, 6) is 0.548. The predicted molar refractivity (Wildman–Crippen MR) is 58.9 cm³/mol. The van der Waals surface area contributed by atoms with Crippen molar-refractivity contribution in [3.05, 3.63) is 0 Å². The van der Waals surface area contributed by atoms with E-state index in [4.69, 9.17) is 4.74 Å². The van der Waals surface area contributed by atoms with Gasteiger partial charge in [0.05, 0.1) is 12.5 Å². The zero-order valence-corrected chi connectivity index (χ0v) is 9.86. The van der Waals surface area contributed by atoms with E-state index in [1.165, 1.54) is 0 Å². The second-order valence-electron chi connectivity index (χ2n) is 4.88. The van der Waals surface area contributed by atoms with Crippen LogP contribution in [0.15, 0.2) is 0 Å². The van der Waals surface area contributed by atoms with Gasteiger partial charge in [0, 0.05) is 24.9 Å². The van der Waals surface area contributed by atoms with Crippen molar-refractivity contribution in [2.45, 2.75) is 45.2 Å². The monoisotopic (exact) mass is 225 g/mol. The van der Waals surface area contributed by atoms with Gasteiger partial charge in [0.2, 0.25) is 0 Å². The van der Waals surface area contributed by atoms with Gasteiger partial charge in [-0.15, -0.1) is 0 Å². The molecule has 0 radical (unpaired) electrons. The first-order valence-corrected chi connectivity index (χ1v) is 6.06. The van der Waals surface area contributed by atoms with Gasteiger partial charge in [-0.1, -0.05) is 0 Å². The fourth-order valence-corrected chi connectivity index (χ4v) is 2.61. The van der Waals surface area contributed by atoms with Gasteiger partial charge in [-0.05, 0) is 26.2 Å². The van der Waals surface area contributed by atoms with Crippen LogP contribution in [0.4, 0.5) is 0 Å². The maximum atomic E-state index is 11.5. The number of ketones is 1. The molecule has 1 heterocycles. The Morgan fingerprint density at radius 1 is 1.50 bits per heavy atom. The standard InChI is InChI=1S/C12H19NO3/c1-3-16-12(15)10-6-9(10)11-5-8(14)4-7(2)13-11/h7,9-11,13H,3-6H2,1-2H3. The number of carbonyl (C=O) groups excluding carboxylic acids is 2. The van der Waals surface area contributed by atoms with E-state index in [0.717, 1.165) is 6.42 Å². The smallest absolute Gasteiger partial charge is 0.309 e. The molecule has 4 heteroatoms. The van der Waals surface area contributed by atoms with Crippen LogP contribution in [0.5, 0.6) is 0 Å². The van der Waals surface area contributed by atoms with Gasteiger partial charge in [0.1, 0.15) is 5.78 Å². The molecule has 1 N–H and O–H groups in total. The fraction of sp³-hybridized carbons (Fsp3) is 0.833. The van der Waals surface area contributed by atoms with Crippen LogP contribution < -0.4 is 5.32 Å². The summed E-state index contributed by atoms with van der Waals surface area (Å²) < 4.78 is 4.99. The summed E-state index contributed by atoms with van der Waals surface area (Å²) in [7, 11) is 0. The number of piperidine rings is 1. The minimum atomic E-state index is -0.0972. The molecule has 1 aliphatic carbocycles. The molecule has 0 aromatic carbocycles. The van der Waals surface area contributed by atoms with Crippen molar-refractivity contribution in [3.63, 3.8) is 0 Å². The normalized spacial score (nSPS) is 38.2. The molecule has 0 bridgehead atoms. The number of carbonyl (C=O) groups is 2. The van der Waals surface area contributed by atoms with Gasteiger partial charge < -0.3 is 10.1 Å². The Hall–Kier alpha value is -0.900. The Morgan fingerprint density at radius 3 is 2.88 bits per heavy atom. The van der Waals surface area contributed by atoms with Crippen molar-refractivity contribution in [3.8, 4) is 0 Å². The molecular formula is C12H19NO3.